The monoisotopic (exact) mass is 685 g/mol. The molecular weight excluding hydrogens is 625 g/mol. The standard InChI is InChI=1S/C35H60NO10P/c1-3-5-6-7-8-9-10-11-12-13-14-15-16-17-18-19-20-21-22-23-24-25-26-27-33(38)36-32(35(40)41)30-46-47(42,43)45-29-31(37)28-44-34(39)4-2/h8-9,11-12,14-15,17-18,31-32,37H,3-7,10,13,16,19-30H2,1-2H3,(H,36,38)(H,40,41)(H,42,43)/b9-8-,12-11-,15-14-,18-17-. The largest absolute Gasteiger partial charge is 0.480 e. The Morgan fingerprint density at radius 3 is 1.72 bits per heavy atom. The molecule has 4 N–H and O–H groups in total. The average molecular weight is 686 g/mol. The lowest BCUT2D eigenvalue weighted by molar-refractivity contribution is -0.146. The van der Waals surface area contributed by atoms with Crippen molar-refractivity contribution < 1.29 is 47.8 Å². The van der Waals surface area contributed by atoms with Crippen molar-refractivity contribution >= 4 is 25.7 Å². The summed E-state index contributed by atoms with van der Waals surface area (Å²) in [6, 6.07) is -1.55. The van der Waals surface area contributed by atoms with Crippen LogP contribution in [-0.2, 0) is 32.7 Å². The van der Waals surface area contributed by atoms with Crippen LogP contribution in [0, 0.1) is 0 Å². The summed E-state index contributed by atoms with van der Waals surface area (Å²) < 4.78 is 26.0. The van der Waals surface area contributed by atoms with Crippen LogP contribution in [0.3, 0.4) is 0 Å². The number of phosphoric ester groups is 1. The predicted octanol–water partition coefficient (Wildman–Crippen LogP) is 7.49. The summed E-state index contributed by atoms with van der Waals surface area (Å²) >= 11 is 0. The van der Waals surface area contributed by atoms with Gasteiger partial charge in [0.15, 0.2) is 6.04 Å². The van der Waals surface area contributed by atoms with Crippen molar-refractivity contribution in [2.75, 3.05) is 19.8 Å². The van der Waals surface area contributed by atoms with Crippen molar-refractivity contribution in [2.24, 2.45) is 0 Å². The number of carbonyl (C=O) groups is 3. The van der Waals surface area contributed by atoms with Crippen LogP contribution in [0.1, 0.15) is 123 Å². The number of hydrogen-bond donors (Lipinski definition) is 4. The van der Waals surface area contributed by atoms with E-state index < -0.39 is 57.6 Å². The normalized spacial score (nSPS) is 14.6. The van der Waals surface area contributed by atoms with Crippen molar-refractivity contribution in [3.63, 3.8) is 0 Å². The van der Waals surface area contributed by atoms with Gasteiger partial charge in [-0.25, -0.2) is 9.36 Å². The third-order valence-electron chi connectivity index (χ3n) is 6.93. The van der Waals surface area contributed by atoms with E-state index in [0.29, 0.717) is 6.42 Å². The van der Waals surface area contributed by atoms with Crippen LogP contribution < -0.4 is 5.32 Å². The summed E-state index contributed by atoms with van der Waals surface area (Å²) in [4.78, 5) is 44.5. The SMILES string of the molecule is CCCCC/C=C\C/C=C\C/C=C\C/C=C\CCCCCCCCCC(=O)NC(COP(=O)(O)OCC(O)COC(=O)CC)C(=O)O. The first-order valence-corrected chi connectivity index (χ1v) is 18.7. The van der Waals surface area contributed by atoms with Crippen LogP contribution in [0.5, 0.6) is 0 Å². The zero-order valence-corrected chi connectivity index (χ0v) is 29.5. The molecule has 11 nitrogen and oxygen atoms in total. The van der Waals surface area contributed by atoms with Gasteiger partial charge in [-0.15, -0.1) is 0 Å². The van der Waals surface area contributed by atoms with Crippen molar-refractivity contribution in [1.29, 1.82) is 0 Å². The number of unbranched alkanes of at least 4 members (excludes halogenated alkanes) is 10. The van der Waals surface area contributed by atoms with Gasteiger partial charge in [-0.05, 0) is 51.4 Å². The van der Waals surface area contributed by atoms with Gasteiger partial charge < -0.3 is 25.2 Å². The molecule has 270 valence electrons. The lowest BCUT2D eigenvalue weighted by Crippen LogP contribution is -2.43. The van der Waals surface area contributed by atoms with Crippen molar-refractivity contribution in [2.45, 2.75) is 135 Å². The van der Waals surface area contributed by atoms with Crippen LogP contribution in [0.15, 0.2) is 48.6 Å². The second kappa shape index (κ2) is 30.8. The van der Waals surface area contributed by atoms with E-state index in [2.05, 4.69) is 74.6 Å². The van der Waals surface area contributed by atoms with Gasteiger partial charge in [-0.2, -0.15) is 0 Å². The van der Waals surface area contributed by atoms with Gasteiger partial charge in [0, 0.05) is 12.8 Å². The van der Waals surface area contributed by atoms with Crippen LogP contribution in [-0.4, -0.2) is 64.9 Å². The number of esters is 1. The molecule has 0 aliphatic rings. The summed E-state index contributed by atoms with van der Waals surface area (Å²) in [6.07, 6.45) is 32.7. The lowest BCUT2D eigenvalue weighted by Gasteiger charge is -2.18. The van der Waals surface area contributed by atoms with Crippen LogP contribution >= 0.6 is 7.82 Å². The van der Waals surface area contributed by atoms with E-state index in [0.717, 1.165) is 64.2 Å². The number of allylic oxidation sites excluding steroid dienone is 8. The molecular formula is C35H60NO10P. The molecule has 3 atom stereocenters. The number of nitrogens with one attached hydrogen (secondary N) is 1. The molecule has 0 radical (unpaired) electrons. The number of carboxylic acids is 1. The highest BCUT2D eigenvalue weighted by Gasteiger charge is 2.28. The van der Waals surface area contributed by atoms with Gasteiger partial charge >= 0.3 is 19.8 Å². The number of aliphatic hydroxyl groups excluding tert-OH is 1. The van der Waals surface area contributed by atoms with E-state index in [-0.39, 0.29) is 12.8 Å². The van der Waals surface area contributed by atoms with Gasteiger partial charge in [0.05, 0.1) is 13.2 Å². The van der Waals surface area contributed by atoms with Gasteiger partial charge in [0.2, 0.25) is 5.91 Å². The van der Waals surface area contributed by atoms with Gasteiger partial charge in [-0.3, -0.25) is 18.6 Å². The number of rotatable bonds is 31. The Bertz CT molecular complexity index is 995. The molecule has 12 heteroatoms. The zero-order chi connectivity index (χ0) is 35.0. The van der Waals surface area contributed by atoms with Crippen molar-refractivity contribution in [3.05, 3.63) is 48.6 Å². The predicted molar refractivity (Wildman–Crippen MR) is 185 cm³/mol. The number of phosphoric acid groups is 1. The summed E-state index contributed by atoms with van der Waals surface area (Å²) in [5, 5.41) is 21.3. The Labute approximate surface area is 282 Å². The molecule has 47 heavy (non-hydrogen) atoms. The number of amides is 1. The molecule has 0 spiro atoms. The zero-order valence-electron chi connectivity index (χ0n) is 28.6. The molecule has 3 unspecified atom stereocenters. The Morgan fingerprint density at radius 1 is 0.702 bits per heavy atom. The van der Waals surface area contributed by atoms with Crippen LogP contribution in [0.25, 0.3) is 0 Å². The van der Waals surface area contributed by atoms with E-state index in [4.69, 9.17) is 0 Å². The molecule has 0 bridgehead atoms. The maximum atomic E-state index is 12.2. The first-order valence-electron chi connectivity index (χ1n) is 17.2. The second-order valence-corrected chi connectivity index (χ2v) is 12.8. The highest BCUT2D eigenvalue weighted by molar-refractivity contribution is 7.47. The average Bonchev–Trinajstić information content (AvgIpc) is 3.04. The highest BCUT2D eigenvalue weighted by atomic mass is 31.2. The maximum absolute atomic E-state index is 12.2. The molecule has 0 fully saturated rings. The molecule has 0 aromatic rings. The summed E-state index contributed by atoms with van der Waals surface area (Å²) in [7, 11) is -4.72. The summed E-state index contributed by atoms with van der Waals surface area (Å²) in [5.41, 5.74) is 0. The van der Waals surface area contributed by atoms with E-state index in [1.807, 2.05) is 0 Å². The van der Waals surface area contributed by atoms with E-state index in [1.165, 1.54) is 25.7 Å². The minimum Gasteiger partial charge on any atom is -0.480 e. The number of carboxylic acid groups (broad SMARTS) is 1. The number of aliphatic hydroxyl groups is 1. The minimum atomic E-state index is -4.72. The maximum Gasteiger partial charge on any atom is 0.472 e. The fraction of sp³-hybridized carbons (Fsp3) is 0.686. The topological polar surface area (TPSA) is 169 Å². The second-order valence-electron chi connectivity index (χ2n) is 11.3. The summed E-state index contributed by atoms with van der Waals surface area (Å²) in [6.45, 7) is 1.87. The van der Waals surface area contributed by atoms with Gasteiger partial charge in [0.25, 0.3) is 0 Å². The third kappa shape index (κ3) is 30.5. The highest BCUT2D eigenvalue weighted by Crippen LogP contribution is 2.43. The smallest absolute Gasteiger partial charge is 0.472 e. The first-order chi connectivity index (χ1) is 22.6. The Balaban J connectivity index is 3.87. The molecule has 0 aromatic heterocycles. The number of aliphatic carboxylic acids is 1. The molecule has 0 heterocycles. The molecule has 0 saturated heterocycles. The van der Waals surface area contributed by atoms with Crippen LogP contribution in [0.2, 0.25) is 0 Å². The molecule has 0 saturated carbocycles. The molecule has 0 aliphatic carbocycles. The fourth-order valence-electron chi connectivity index (χ4n) is 4.16. The quantitative estimate of drug-likeness (QED) is 0.0248. The van der Waals surface area contributed by atoms with E-state index in [1.54, 1.807) is 6.92 Å². The van der Waals surface area contributed by atoms with Gasteiger partial charge in [0.1, 0.15) is 12.7 Å². The third-order valence-corrected chi connectivity index (χ3v) is 7.88. The van der Waals surface area contributed by atoms with Gasteiger partial charge in [-0.1, -0.05) is 107 Å². The number of ether oxygens (including phenoxy) is 1. The fourth-order valence-corrected chi connectivity index (χ4v) is 4.93. The molecule has 0 rings (SSSR count). The lowest BCUT2D eigenvalue weighted by atomic mass is 10.1. The number of carbonyl (C=O) groups excluding carboxylic acids is 2. The first kappa shape index (κ1) is 44.4. The van der Waals surface area contributed by atoms with Crippen molar-refractivity contribution in [3.8, 4) is 0 Å². The van der Waals surface area contributed by atoms with Crippen molar-refractivity contribution in [1.82, 2.24) is 5.32 Å². The Hall–Kier alpha value is -2.56. The van der Waals surface area contributed by atoms with Crippen LogP contribution in [0.4, 0.5) is 0 Å². The van der Waals surface area contributed by atoms with E-state index >= 15 is 0 Å². The van der Waals surface area contributed by atoms with E-state index in [9.17, 15) is 34.1 Å². The minimum absolute atomic E-state index is 0.103. The molecule has 0 aliphatic heterocycles. The molecule has 0 aromatic carbocycles. The Kier molecular flexibility index (Phi) is 29.1. The Morgan fingerprint density at radius 2 is 1.19 bits per heavy atom. The summed E-state index contributed by atoms with van der Waals surface area (Å²) in [5.74, 6) is -2.49. The molecule has 1 amide bonds. The number of hydrogen-bond acceptors (Lipinski definition) is 8.